The van der Waals surface area contributed by atoms with Gasteiger partial charge >= 0.3 is 0 Å². The Hall–Kier alpha value is -3.27. The number of carbonyl (C=O) groups excluding carboxylic acids is 1. The van der Waals surface area contributed by atoms with Crippen molar-refractivity contribution in [3.05, 3.63) is 96.1 Å². The molecule has 1 aliphatic heterocycles. The zero-order valence-electron chi connectivity index (χ0n) is 14.9. The lowest BCUT2D eigenvalue weighted by Gasteiger charge is -2.28. The van der Waals surface area contributed by atoms with Gasteiger partial charge in [-0.2, -0.15) is 0 Å². The molecular formula is C23H21NO3. The fourth-order valence-electron chi connectivity index (χ4n) is 3.28. The van der Waals surface area contributed by atoms with Gasteiger partial charge < -0.3 is 14.8 Å². The summed E-state index contributed by atoms with van der Waals surface area (Å²) in [5.41, 5.74) is 1.82. The van der Waals surface area contributed by atoms with E-state index in [1.807, 2.05) is 84.9 Å². The average Bonchev–Trinajstić information content (AvgIpc) is 2.73. The van der Waals surface area contributed by atoms with Gasteiger partial charge in [0.2, 0.25) is 6.10 Å². The molecule has 4 nitrogen and oxygen atoms in total. The first-order valence-electron chi connectivity index (χ1n) is 9.10. The summed E-state index contributed by atoms with van der Waals surface area (Å²) in [4.78, 5) is 13.1. The molecule has 0 radical (unpaired) electrons. The van der Waals surface area contributed by atoms with Crippen LogP contribution in [0.15, 0.2) is 84.9 Å². The molecule has 2 atom stereocenters. The summed E-state index contributed by atoms with van der Waals surface area (Å²) in [5, 5.41) is 3.15. The first-order chi connectivity index (χ1) is 13.3. The highest BCUT2D eigenvalue weighted by atomic mass is 16.5. The van der Waals surface area contributed by atoms with E-state index in [1.54, 1.807) is 0 Å². The monoisotopic (exact) mass is 359 g/mol. The van der Waals surface area contributed by atoms with Gasteiger partial charge in [-0.15, -0.1) is 0 Å². The van der Waals surface area contributed by atoms with Crippen LogP contribution in [0.3, 0.4) is 0 Å². The summed E-state index contributed by atoms with van der Waals surface area (Å²) < 4.78 is 11.7. The SMILES string of the molecule is O=C(NC1CCOc2ccccc21)C(Oc1ccccc1)c1ccccc1. The van der Waals surface area contributed by atoms with Gasteiger partial charge in [0.25, 0.3) is 5.91 Å². The predicted molar refractivity (Wildman–Crippen MR) is 104 cm³/mol. The van der Waals surface area contributed by atoms with Crippen LogP contribution in [-0.4, -0.2) is 12.5 Å². The van der Waals surface area contributed by atoms with E-state index in [-0.39, 0.29) is 11.9 Å². The van der Waals surface area contributed by atoms with Crippen molar-refractivity contribution < 1.29 is 14.3 Å². The molecule has 4 heteroatoms. The minimum Gasteiger partial charge on any atom is -0.493 e. The Morgan fingerprint density at radius 3 is 2.37 bits per heavy atom. The first-order valence-corrected chi connectivity index (χ1v) is 9.10. The molecule has 1 heterocycles. The summed E-state index contributed by atoms with van der Waals surface area (Å²) in [6, 6.07) is 26.7. The molecule has 0 bridgehead atoms. The van der Waals surface area contributed by atoms with Gasteiger partial charge in [0.1, 0.15) is 11.5 Å². The average molecular weight is 359 g/mol. The lowest BCUT2D eigenvalue weighted by atomic mass is 9.99. The fourth-order valence-corrected chi connectivity index (χ4v) is 3.28. The summed E-state index contributed by atoms with van der Waals surface area (Å²) in [6.07, 6.45) is 0.0129. The van der Waals surface area contributed by atoms with Gasteiger partial charge in [-0.25, -0.2) is 0 Å². The predicted octanol–water partition coefficient (Wildman–Crippen LogP) is 4.45. The Morgan fingerprint density at radius 2 is 1.59 bits per heavy atom. The van der Waals surface area contributed by atoms with Crippen LogP contribution >= 0.6 is 0 Å². The summed E-state index contributed by atoms with van der Waals surface area (Å²) in [6.45, 7) is 0.581. The molecule has 4 rings (SSSR count). The highest BCUT2D eigenvalue weighted by Gasteiger charge is 2.28. The van der Waals surface area contributed by atoms with Crippen LogP contribution in [0.2, 0.25) is 0 Å². The van der Waals surface area contributed by atoms with Gasteiger partial charge in [0.05, 0.1) is 12.6 Å². The number of hydrogen-bond acceptors (Lipinski definition) is 3. The van der Waals surface area contributed by atoms with Crippen LogP contribution in [0.4, 0.5) is 0 Å². The highest BCUT2D eigenvalue weighted by molar-refractivity contribution is 5.83. The number of para-hydroxylation sites is 2. The van der Waals surface area contributed by atoms with E-state index >= 15 is 0 Å². The molecule has 1 amide bonds. The zero-order chi connectivity index (χ0) is 18.5. The van der Waals surface area contributed by atoms with Crippen LogP contribution in [0, 0.1) is 0 Å². The molecule has 3 aromatic carbocycles. The van der Waals surface area contributed by atoms with E-state index in [1.165, 1.54) is 0 Å². The number of hydrogen-bond donors (Lipinski definition) is 1. The third kappa shape index (κ3) is 3.95. The number of benzene rings is 3. The van der Waals surface area contributed by atoms with Crippen molar-refractivity contribution >= 4 is 5.91 Å². The maximum Gasteiger partial charge on any atom is 0.266 e. The van der Waals surface area contributed by atoms with Crippen molar-refractivity contribution in [1.82, 2.24) is 5.32 Å². The number of fused-ring (bicyclic) bond motifs is 1. The highest BCUT2D eigenvalue weighted by Crippen LogP contribution is 2.32. The zero-order valence-corrected chi connectivity index (χ0v) is 14.9. The Balaban J connectivity index is 1.58. The van der Waals surface area contributed by atoms with Gasteiger partial charge in [-0.3, -0.25) is 4.79 Å². The Labute approximate surface area is 158 Å². The van der Waals surface area contributed by atoms with E-state index in [2.05, 4.69) is 5.32 Å². The number of nitrogens with one attached hydrogen (secondary N) is 1. The van der Waals surface area contributed by atoms with Gasteiger partial charge in [-0.1, -0.05) is 66.7 Å². The third-order valence-electron chi connectivity index (χ3n) is 4.61. The molecule has 2 unspecified atom stereocenters. The molecule has 0 aromatic heterocycles. The van der Waals surface area contributed by atoms with Crippen LogP contribution in [0.1, 0.15) is 29.7 Å². The van der Waals surface area contributed by atoms with E-state index in [0.717, 1.165) is 23.3 Å². The van der Waals surface area contributed by atoms with E-state index < -0.39 is 6.10 Å². The lowest BCUT2D eigenvalue weighted by Crippen LogP contribution is -2.37. The lowest BCUT2D eigenvalue weighted by molar-refractivity contribution is -0.129. The second kappa shape index (κ2) is 7.96. The van der Waals surface area contributed by atoms with Gasteiger partial charge in [-0.05, 0) is 18.2 Å². The van der Waals surface area contributed by atoms with Crippen LogP contribution < -0.4 is 14.8 Å². The van der Waals surface area contributed by atoms with Crippen molar-refractivity contribution in [1.29, 1.82) is 0 Å². The Kier molecular flexibility index (Phi) is 5.06. The van der Waals surface area contributed by atoms with Crippen molar-refractivity contribution in [2.75, 3.05) is 6.61 Å². The standard InChI is InChI=1S/C23H21NO3/c25-23(24-20-15-16-26-21-14-8-7-13-19(20)21)22(17-9-3-1-4-10-17)27-18-11-5-2-6-12-18/h1-14,20,22H,15-16H2,(H,24,25). The van der Waals surface area contributed by atoms with Crippen LogP contribution in [0.25, 0.3) is 0 Å². The summed E-state index contributed by atoms with van der Waals surface area (Å²) in [5.74, 6) is 1.33. The molecule has 0 fully saturated rings. The van der Waals surface area contributed by atoms with E-state index in [9.17, 15) is 4.79 Å². The number of amides is 1. The van der Waals surface area contributed by atoms with Crippen molar-refractivity contribution in [2.45, 2.75) is 18.6 Å². The maximum atomic E-state index is 13.1. The second-order valence-corrected chi connectivity index (χ2v) is 6.46. The number of carbonyl (C=O) groups is 1. The Bertz CT molecular complexity index is 896. The molecular weight excluding hydrogens is 338 g/mol. The Morgan fingerprint density at radius 1 is 0.926 bits per heavy atom. The van der Waals surface area contributed by atoms with Crippen molar-refractivity contribution in [3.63, 3.8) is 0 Å². The smallest absolute Gasteiger partial charge is 0.266 e. The maximum absolute atomic E-state index is 13.1. The quantitative estimate of drug-likeness (QED) is 0.732. The van der Waals surface area contributed by atoms with Crippen molar-refractivity contribution in [3.8, 4) is 11.5 Å². The van der Waals surface area contributed by atoms with Crippen LogP contribution in [0.5, 0.6) is 11.5 Å². The van der Waals surface area contributed by atoms with E-state index in [4.69, 9.17) is 9.47 Å². The normalized spacial score (nSPS) is 16.5. The molecule has 0 aliphatic carbocycles. The minimum absolute atomic E-state index is 0.0898. The second-order valence-electron chi connectivity index (χ2n) is 6.46. The van der Waals surface area contributed by atoms with E-state index in [0.29, 0.717) is 12.4 Å². The van der Waals surface area contributed by atoms with Gasteiger partial charge in [0.15, 0.2) is 0 Å². The summed E-state index contributed by atoms with van der Waals surface area (Å²) in [7, 11) is 0. The molecule has 0 saturated heterocycles. The topological polar surface area (TPSA) is 47.6 Å². The molecule has 136 valence electrons. The number of ether oxygens (including phenoxy) is 2. The summed E-state index contributed by atoms with van der Waals surface area (Å²) >= 11 is 0. The fraction of sp³-hybridized carbons (Fsp3) is 0.174. The largest absolute Gasteiger partial charge is 0.493 e. The first kappa shape index (κ1) is 17.2. The molecule has 0 spiro atoms. The number of rotatable bonds is 5. The van der Waals surface area contributed by atoms with Crippen LogP contribution in [-0.2, 0) is 4.79 Å². The molecule has 1 aliphatic rings. The van der Waals surface area contributed by atoms with Crippen molar-refractivity contribution in [2.24, 2.45) is 0 Å². The molecule has 1 N–H and O–H groups in total. The molecule has 3 aromatic rings. The minimum atomic E-state index is -0.719. The van der Waals surface area contributed by atoms with Gasteiger partial charge in [0, 0.05) is 17.5 Å². The molecule has 27 heavy (non-hydrogen) atoms. The molecule has 0 saturated carbocycles. The third-order valence-corrected chi connectivity index (χ3v) is 4.61.